The molecule has 2 heterocycles. The van der Waals surface area contributed by atoms with Gasteiger partial charge in [0.05, 0.1) is 25.3 Å². The van der Waals surface area contributed by atoms with Crippen molar-refractivity contribution in [2.24, 2.45) is 28.9 Å². The number of carbonyl (C=O) groups is 1. The van der Waals surface area contributed by atoms with Crippen LogP contribution in [-0.4, -0.2) is 140 Å². The second-order valence-corrected chi connectivity index (χ2v) is 11.4. The van der Waals surface area contributed by atoms with E-state index in [9.17, 15) is 40.5 Å². The van der Waals surface area contributed by atoms with Crippen LogP contribution in [-0.2, 0) is 23.7 Å². The van der Waals surface area contributed by atoms with Gasteiger partial charge in [0, 0.05) is 24.9 Å². The maximum atomic E-state index is 12.6. The van der Waals surface area contributed by atoms with Gasteiger partial charge in [0.1, 0.15) is 35.6 Å². The molecular formula is C24H43N5O12. The summed E-state index contributed by atoms with van der Waals surface area (Å²) in [6.07, 6.45) is -10.3. The number of fused-ring (bicyclic) bond motifs is 1. The molecule has 7 unspecified atom stereocenters. The fourth-order valence-electron chi connectivity index (χ4n) is 6.19. The van der Waals surface area contributed by atoms with Crippen LogP contribution in [0.5, 0.6) is 0 Å². The van der Waals surface area contributed by atoms with E-state index in [-0.39, 0.29) is 44.7 Å². The van der Waals surface area contributed by atoms with Crippen LogP contribution in [0.25, 0.3) is 0 Å². The lowest BCUT2D eigenvalue weighted by atomic mass is 9.74. The average molecular weight is 594 g/mol. The fourth-order valence-corrected chi connectivity index (χ4v) is 6.19. The van der Waals surface area contributed by atoms with Crippen LogP contribution < -0.4 is 28.3 Å². The zero-order valence-corrected chi connectivity index (χ0v) is 22.7. The summed E-state index contributed by atoms with van der Waals surface area (Å²) >= 11 is 0. The zero-order valence-electron chi connectivity index (χ0n) is 22.7. The molecule has 0 radical (unpaired) electrons. The molecule has 16 N–H and O–H groups in total. The lowest BCUT2D eigenvalue weighted by molar-refractivity contribution is -0.360. The zero-order chi connectivity index (χ0) is 30.5. The van der Waals surface area contributed by atoms with Crippen LogP contribution in [0.3, 0.4) is 0 Å². The van der Waals surface area contributed by atoms with E-state index in [1.54, 1.807) is 0 Å². The van der Waals surface area contributed by atoms with Gasteiger partial charge >= 0.3 is 0 Å². The number of aliphatic hydroxyl groups excluding tert-OH is 6. The van der Waals surface area contributed by atoms with Gasteiger partial charge in [-0.2, -0.15) is 0 Å². The highest BCUT2D eigenvalue weighted by Gasteiger charge is 2.74. The predicted molar refractivity (Wildman–Crippen MR) is 137 cm³/mol. The Hall–Kier alpha value is -1.71. The molecule has 0 bridgehead atoms. The summed E-state index contributed by atoms with van der Waals surface area (Å²) in [6.45, 7) is 0.180. The van der Waals surface area contributed by atoms with E-state index in [1.807, 2.05) is 0 Å². The maximum Gasteiger partial charge on any atom is 0.249 e. The highest BCUT2D eigenvalue weighted by molar-refractivity contribution is 5.80. The Labute approximate surface area is 236 Å². The summed E-state index contributed by atoms with van der Waals surface area (Å²) in [5.41, 5.74) is 20.0. The predicted octanol–water partition coefficient (Wildman–Crippen LogP) is -5.96. The first-order valence-electron chi connectivity index (χ1n) is 13.6. The Morgan fingerprint density at radius 2 is 1.88 bits per heavy atom. The Balaban J connectivity index is 1.65. The van der Waals surface area contributed by atoms with Gasteiger partial charge in [-0.25, -0.2) is 0 Å². The van der Waals surface area contributed by atoms with Crippen molar-refractivity contribution in [2.75, 3.05) is 26.2 Å². The number of rotatable bonds is 11. The molecule has 2 aliphatic heterocycles. The topological polar surface area (TPSA) is 312 Å². The molecule has 4 aliphatic rings. The second-order valence-electron chi connectivity index (χ2n) is 11.4. The van der Waals surface area contributed by atoms with Gasteiger partial charge in [-0.05, 0) is 26.3 Å². The summed E-state index contributed by atoms with van der Waals surface area (Å²) in [6, 6.07) is -2.11. The first-order valence-corrected chi connectivity index (χ1v) is 13.6. The quantitative estimate of drug-likeness (QED) is 0.106. The molecule has 1 saturated heterocycles. The van der Waals surface area contributed by atoms with Crippen molar-refractivity contribution in [1.82, 2.24) is 5.32 Å². The van der Waals surface area contributed by atoms with Crippen LogP contribution in [0.1, 0.15) is 26.2 Å². The molecule has 17 nitrogen and oxygen atoms in total. The minimum Gasteiger partial charge on any atom is -0.506 e. The third-order valence-electron chi connectivity index (χ3n) is 8.72. The summed E-state index contributed by atoms with van der Waals surface area (Å²) in [7, 11) is 0. The van der Waals surface area contributed by atoms with E-state index in [4.69, 9.17) is 41.9 Å². The van der Waals surface area contributed by atoms with Crippen molar-refractivity contribution in [3.8, 4) is 0 Å². The van der Waals surface area contributed by atoms with E-state index < -0.39 is 96.2 Å². The van der Waals surface area contributed by atoms with Crippen LogP contribution >= 0.6 is 0 Å². The highest BCUT2D eigenvalue weighted by atomic mass is 16.7. The van der Waals surface area contributed by atoms with Crippen molar-refractivity contribution < 1.29 is 59.5 Å². The number of aliphatic hydroxyl groups is 7. The molecular weight excluding hydrogens is 550 g/mol. The molecule has 13 atom stereocenters. The van der Waals surface area contributed by atoms with Gasteiger partial charge in [-0.1, -0.05) is 0 Å². The van der Waals surface area contributed by atoms with Crippen molar-refractivity contribution in [3.63, 3.8) is 0 Å². The van der Waals surface area contributed by atoms with Crippen LogP contribution in [0.2, 0.25) is 0 Å². The number of ether oxygens (including phenoxy) is 4. The minimum atomic E-state index is -1.92. The molecule has 4 rings (SSSR count). The van der Waals surface area contributed by atoms with Crippen LogP contribution in [0, 0.1) is 5.92 Å². The minimum absolute atomic E-state index is 0.0309. The molecule has 3 fully saturated rings. The van der Waals surface area contributed by atoms with E-state index in [0.29, 0.717) is 0 Å². The van der Waals surface area contributed by atoms with Crippen LogP contribution in [0.4, 0.5) is 0 Å². The van der Waals surface area contributed by atoms with Crippen molar-refractivity contribution in [1.29, 1.82) is 0 Å². The fraction of sp³-hybridized carbons (Fsp3) is 0.875. The smallest absolute Gasteiger partial charge is 0.249 e. The molecule has 41 heavy (non-hydrogen) atoms. The standard InChI is InChI=1S/C24H43N5O12/c1-22(41-21-16(33)15(32)13(6-26)38-21)18(35)11(29-20(36)12(31)2-3-25)4-10(28)19(22)40-23(8-27)5-9-17(34)24(9,37)14(7-30)39-23/h9-12,14,16-19,21,30-35,37H,2-8,25-28H2,1H3,(H,29,36)/t9?,10?,11-,12+,14?,16?,17?,18?,19-,21+,22+,23?,24+/m1/s1. The SMILES string of the molecule is C[C@]1(O[C@@H]2OC(CN)=C(O)C2O)C(O)[C@H](NC(=O)[C@@H](O)CCN)CC(N)[C@H]1OC1(CN)CC2C(O)[C@@]2(O)C(CO)O1. The number of hydrogen-bond acceptors (Lipinski definition) is 16. The van der Waals surface area contributed by atoms with Crippen molar-refractivity contribution in [2.45, 2.75) is 98.2 Å². The number of amides is 1. The molecule has 0 aromatic carbocycles. The third kappa shape index (κ3) is 5.44. The summed E-state index contributed by atoms with van der Waals surface area (Å²) < 4.78 is 23.8. The van der Waals surface area contributed by atoms with Gasteiger partial charge in [0.15, 0.2) is 23.4 Å². The van der Waals surface area contributed by atoms with Crippen LogP contribution in [0.15, 0.2) is 11.5 Å². The second kappa shape index (κ2) is 11.8. The number of nitrogens with two attached hydrogens (primary N) is 4. The van der Waals surface area contributed by atoms with E-state index in [2.05, 4.69) is 5.32 Å². The van der Waals surface area contributed by atoms with E-state index in [1.165, 1.54) is 6.92 Å². The number of carbonyl (C=O) groups excluding carboxylic acids is 1. The van der Waals surface area contributed by atoms with Gasteiger partial charge in [0.25, 0.3) is 0 Å². The summed E-state index contributed by atoms with van der Waals surface area (Å²) in [4.78, 5) is 12.6. The first kappa shape index (κ1) is 32.2. The van der Waals surface area contributed by atoms with E-state index >= 15 is 0 Å². The molecule has 2 saturated carbocycles. The molecule has 236 valence electrons. The molecule has 0 aromatic heterocycles. The molecule has 1 amide bonds. The third-order valence-corrected chi connectivity index (χ3v) is 8.72. The molecule has 2 aliphatic carbocycles. The van der Waals surface area contributed by atoms with Gasteiger partial charge in [0.2, 0.25) is 12.2 Å². The normalized spacial score (nSPS) is 46.6. The average Bonchev–Trinajstić information content (AvgIpc) is 3.37. The lowest BCUT2D eigenvalue weighted by Crippen LogP contribution is -2.73. The molecule has 17 heteroatoms. The molecule has 0 aromatic rings. The van der Waals surface area contributed by atoms with Crippen molar-refractivity contribution in [3.05, 3.63) is 11.5 Å². The van der Waals surface area contributed by atoms with Gasteiger partial charge < -0.3 is 82.9 Å². The van der Waals surface area contributed by atoms with Gasteiger partial charge in [-0.3, -0.25) is 4.79 Å². The summed E-state index contributed by atoms with van der Waals surface area (Å²) in [5.74, 6) is -3.96. The lowest BCUT2D eigenvalue weighted by Gasteiger charge is -2.54. The van der Waals surface area contributed by atoms with Crippen molar-refractivity contribution >= 4 is 5.91 Å². The van der Waals surface area contributed by atoms with E-state index in [0.717, 1.165) is 0 Å². The Bertz CT molecular complexity index is 1010. The summed E-state index contributed by atoms with van der Waals surface area (Å²) in [5, 5.41) is 75.9. The maximum absolute atomic E-state index is 12.6. The number of hydrogen-bond donors (Lipinski definition) is 12. The largest absolute Gasteiger partial charge is 0.506 e. The Kier molecular flexibility index (Phi) is 9.24. The van der Waals surface area contributed by atoms with Gasteiger partial charge in [-0.15, -0.1) is 0 Å². The highest BCUT2D eigenvalue weighted by Crippen LogP contribution is 2.57. The Morgan fingerprint density at radius 3 is 2.44 bits per heavy atom. The first-order chi connectivity index (χ1) is 19.2. The molecule has 0 spiro atoms. The monoisotopic (exact) mass is 593 g/mol. The number of nitrogens with one attached hydrogen (secondary N) is 1. The Morgan fingerprint density at radius 1 is 1.20 bits per heavy atom.